The van der Waals surface area contributed by atoms with Gasteiger partial charge in [-0.1, -0.05) is 18.5 Å². The van der Waals surface area contributed by atoms with Crippen molar-refractivity contribution in [2.24, 2.45) is 5.10 Å². The van der Waals surface area contributed by atoms with Gasteiger partial charge >= 0.3 is 0 Å². The number of carbonyl (C=O) groups is 1. The first-order valence-electron chi connectivity index (χ1n) is 7.82. The molecule has 6 nitrogen and oxygen atoms in total. The third kappa shape index (κ3) is 5.19. The number of aromatic nitrogens is 1. The van der Waals surface area contributed by atoms with Crippen LogP contribution in [0.15, 0.2) is 41.8 Å². The second-order valence-corrected chi connectivity index (χ2v) is 5.71. The zero-order valence-corrected chi connectivity index (χ0v) is 15.1. The van der Waals surface area contributed by atoms with Crippen molar-refractivity contribution in [1.29, 1.82) is 0 Å². The number of methoxy groups -OCH3 is 1. The van der Waals surface area contributed by atoms with Crippen LogP contribution in [-0.2, 0) is 0 Å². The SMILES string of the molecule is CC[C@@H](C)Oc1c(Cl)cc(/C=N\NC(=O)c2ccncc2)cc1OC. The van der Waals surface area contributed by atoms with Crippen LogP contribution < -0.4 is 14.9 Å². The molecule has 0 unspecified atom stereocenters. The number of hydrazone groups is 1. The van der Waals surface area contributed by atoms with Gasteiger partial charge in [-0.3, -0.25) is 9.78 Å². The lowest BCUT2D eigenvalue weighted by Crippen LogP contribution is -2.17. The number of hydrogen-bond donors (Lipinski definition) is 1. The summed E-state index contributed by atoms with van der Waals surface area (Å²) in [5.41, 5.74) is 3.59. The average molecular weight is 362 g/mol. The fraction of sp³-hybridized carbons (Fsp3) is 0.278. The van der Waals surface area contributed by atoms with Gasteiger partial charge in [0.15, 0.2) is 11.5 Å². The molecule has 0 bridgehead atoms. The van der Waals surface area contributed by atoms with E-state index in [2.05, 4.69) is 15.5 Å². The Labute approximate surface area is 151 Å². The summed E-state index contributed by atoms with van der Waals surface area (Å²) in [6.45, 7) is 3.98. The topological polar surface area (TPSA) is 72.8 Å². The maximum atomic E-state index is 11.9. The number of hydrogen-bond acceptors (Lipinski definition) is 5. The van der Waals surface area contributed by atoms with Crippen molar-refractivity contribution in [3.05, 3.63) is 52.8 Å². The molecule has 0 saturated heterocycles. The molecule has 0 fully saturated rings. The number of ether oxygens (including phenoxy) is 2. The molecule has 1 aromatic carbocycles. The van der Waals surface area contributed by atoms with E-state index in [9.17, 15) is 4.79 Å². The van der Waals surface area contributed by atoms with Crippen LogP contribution in [0.5, 0.6) is 11.5 Å². The van der Waals surface area contributed by atoms with E-state index in [1.165, 1.54) is 6.21 Å². The number of amides is 1. The molecular formula is C18H20ClN3O3. The molecule has 7 heteroatoms. The van der Waals surface area contributed by atoms with E-state index in [1.807, 2.05) is 13.8 Å². The van der Waals surface area contributed by atoms with Crippen molar-refractivity contribution in [2.75, 3.05) is 7.11 Å². The van der Waals surface area contributed by atoms with E-state index in [1.54, 1.807) is 43.8 Å². The monoisotopic (exact) mass is 361 g/mol. The van der Waals surface area contributed by atoms with Gasteiger partial charge < -0.3 is 9.47 Å². The Balaban J connectivity index is 2.12. The fourth-order valence-electron chi connectivity index (χ4n) is 1.95. The van der Waals surface area contributed by atoms with Gasteiger partial charge in [0.05, 0.1) is 24.5 Å². The molecule has 132 valence electrons. The molecule has 25 heavy (non-hydrogen) atoms. The lowest BCUT2D eigenvalue weighted by molar-refractivity contribution is 0.0955. The number of nitrogens with one attached hydrogen (secondary N) is 1. The lowest BCUT2D eigenvalue weighted by Gasteiger charge is -2.17. The van der Waals surface area contributed by atoms with Crippen LogP contribution in [0, 0.1) is 0 Å². The van der Waals surface area contributed by atoms with Gasteiger partial charge in [-0.05, 0) is 43.2 Å². The summed E-state index contributed by atoms with van der Waals surface area (Å²) >= 11 is 6.29. The summed E-state index contributed by atoms with van der Waals surface area (Å²) in [4.78, 5) is 15.8. The van der Waals surface area contributed by atoms with Gasteiger partial charge in [-0.25, -0.2) is 5.43 Å². The zero-order valence-electron chi connectivity index (χ0n) is 14.3. The first-order valence-corrected chi connectivity index (χ1v) is 8.20. The molecule has 1 N–H and O–H groups in total. The summed E-state index contributed by atoms with van der Waals surface area (Å²) < 4.78 is 11.1. The summed E-state index contributed by atoms with van der Waals surface area (Å²) in [7, 11) is 1.54. The van der Waals surface area contributed by atoms with E-state index in [0.717, 1.165) is 6.42 Å². The van der Waals surface area contributed by atoms with Crippen molar-refractivity contribution in [2.45, 2.75) is 26.4 Å². The van der Waals surface area contributed by atoms with Crippen molar-refractivity contribution < 1.29 is 14.3 Å². The predicted octanol–water partition coefficient (Wildman–Crippen LogP) is 3.68. The molecule has 0 aliphatic rings. The minimum absolute atomic E-state index is 0.0190. The van der Waals surface area contributed by atoms with E-state index in [4.69, 9.17) is 21.1 Å². The second-order valence-electron chi connectivity index (χ2n) is 5.31. The average Bonchev–Trinajstić information content (AvgIpc) is 2.63. The van der Waals surface area contributed by atoms with Crippen molar-refractivity contribution >= 4 is 23.7 Å². The minimum Gasteiger partial charge on any atom is -0.493 e. The summed E-state index contributed by atoms with van der Waals surface area (Å²) in [6.07, 6.45) is 5.44. The number of rotatable bonds is 7. The Kier molecular flexibility index (Phi) is 6.77. The van der Waals surface area contributed by atoms with E-state index < -0.39 is 0 Å². The van der Waals surface area contributed by atoms with Crippen molar-refractivity contribution in [3.63, 3.8) is 0 Å². The Bertz CT molecular complexity index is 751. The number of carbonyl (C=O) groups excluding carboxylic acids is 1. The number of benzene rings is 1. The first-order chi connectivity index (χ1) is 12.0. The van der Waals surface area contributed by atoms with Crippen molar-refractivity contribution in [3.8, 4) is 11.5 Å². The predicted molar refractivity (Wildman–Crippen MR) is 97.7 cm³/mol. The van der Waals surface area contributed by atoms with Gasteiger partial charge in [-0.15, -0.1) is 0 Å². The second kappa shape index (κ2) is 9.03. The van der Waals surface area contributed by atoms with Crippen LogP contribution in [0.1, 0.15) is 36.2 Å². The summed E-state index contributed by atoms with van der Waals surface area (Å²) in [6, 6.07) is 6.65. The zero-order chi connectivity index (χ0) is 18.2. The van der Waals surface area contributed by atoms with Crippen LogP contribution in [0.25, 0.3) is 0 Å². The third-order valence-electron chi connectivity index (χ3n) is 3.47. The molecule has 0 spiro atoms. The van der Waals surface area contributed by atoms with Crippen LogP contribution in [0.3, 0.4) is 0 Å². The van der Waals surface area contributed by atoms with Gasteiger partial charge in [0.1, 0.15) is 0 Å². The smallest absolute Gasteiger partial charge is 0.271 e. The molecule has 0 radical (unpaired) electrons. The molecule has 0 aliphatic heterocycles. The highest BCUT2D eigenvalue weighted by Gasteiger charge is 2.14. The lowest BCUT2D eigenvalue weighted by atomic mass is 10.2. The van der Waals surface area contributed by atoms with E-state index in [0.29, 0.717) is 27.6 Å². The number of halogens is 1. The Morgan fingerprint density at radius 2 is 2.12 bits per heavy atom. The van der Waals surface area contributed by atoms with E-state index >= 15 is 0 Å². The van der Waals surface area contributed by atoms with Gasteiger partial charge in [-0.2, -0.15) is 5.10 Å². The first kappa shape index (κ1) is 18.7. The molecule has 1 atom stereocenters. The highest BCUT2D eigenvalue weighted by Crippen LogP contribution is 2.37. The largest absolute Gasteiger partial charge is 0.493 e. The Hall–Kier alpha value is -2.60. The van der Waals surface area contributed by atoms with Gasteiger partial charge in [0.2, 0.25) is 0 Å². The fourth-order valence-corrected chi connectivity index (χ4v) is 2.21. The standard InChI is InChI=1S/C18H20ClN3O3/c1-4-12(2)25-17-15(19)9-13(10-16(17)24-3)11-21-22-18(23)14-5-7-20-8-6-14/h5-12H,4H2,1-3H3,(H,22,23)/b21-11-/t12-/m1/s1. The molecule has 0 saturated carbocycles. The molecule has 1 heterocycles. The van der Waals surface area contributed by atoms with Crippen LogP contribution in [-0.4, -0.2) is 30.3 Å². The normalized spacial score (nSPS) is 12.0. The number of pyridine rings is 1. The number of nitrogens with zero attached hydrogens (tertiary/aromatic N) is 2. The highest BCUT2D eigenvalue weighted by atomic mass is 35.5. The Morgan fingerprint density at radius 1 is 1.40 bits per heavy atom. The van der Waals surface area contributed by atoms with Gasteiger partial charge in [0, 0.05) is 18.0 Å². The molecule has 1 aromatic heterocycles. The van der Waals surface area contributed by atoms with E-state index in [-0.39, 0.29) is 12.0 Å². The molecule has 1 amide bonds. The molecular weight excluding hydrogens is 342 g/mol. The maximum Gasteiger partial charge on any atom is 0.271 e. The van der Waals surface area contributed by atoms with Gasteiger partial charge in [0.25, 0.3) is 5.91 Å². The van der Waals surface area contributed by atoms with Crippen molar-refractivity contribution in [1.82, 2.24) is 10.4 Å². The molecule has 2 rings (SSSR count). The van der Waals surface area contributed by atoms with Crippen LogP contribution in [0.4, 0.5) is 0 Å². The third-order valence-corrected chi connectivity index (χ3v) is 3.75. The van der Waals surface area contributed by atoms with Crippen LogP contribution >= 0.6 is 11.6 Å². The highest BCUT2D eigenvalue weighted by molar-refractivity contribution is 6.32. The molecule has 0 aliphatic carbocycles. The minimum atomic E-state index is -0.326. The summed E-state index contributed by atoms with van der Waals surface area (Å²) in [5, 5.41) is 4.36. The Morgan fingerprint density at radius 3 is 2.76 bits per heavy atom. The summed E-state index contributed by atoms with van der Waals surface area (Å²) in [5.74, 6) is 0.680. The van der Waals surface area contributed by atoms with Crippen LogP contribution in [0.2, 0.25) is 5.02 Å². The maximum absolute atomic E-state index is 11.9. The molecule has 2 aromatic rings. The quantitative estimate of drug-likeness (QED) is 0.603.